The Bertz CT molecular complexity index is 2410. The predicted octanol–water partition coefficient (Wildman–Crippen LogP) is 24.0. The summed E-state index contributed by atoms with van der Waals surface area (Å²) < 4.78 is -1.58. The SMILES string of the molecule is BrCCSC(c1ccccc1)c1ccccc1.CC.CC.CC.CC.CC.CC.CC.CC.NC(Cl)(Cl)Cl.OC(c1ccccc1)c1ccccc1.OCCS.OCCSC(c1ccccc1)c1ccccc1.c1ccc(C(SCCN2CCNCC2)c2ccccc2)cc1. The van der Waals surface area contributed by atoms with Gasteiger partial charge in [0.2, 0.25) is 3.92 Å². The minimum Gasteiger partial charge on any atom is -0.396 e. The predicted molar refractivity (Wildman–Crippen MR) is 445 cm³/mol. The van der Waals surface area contributed by atoms with Crippen molar-refractivity contribution in [2.45, 2.75) is 137 Å². The highest BCUT2D eigenvalue weighted by Crippen LogP contribution is 2.37. The van der Waals surface area contributed by atoms with E-state index >= 15 is 0 Å². The van der Waals surface area contributed by atoms with Gasteiger partial charge in [-0.05, 0) is 44.5 Å². The van der Waals surface area contributed by atoms with E-state index in [9.17, 15) is 5.11 Å². The number of thiol groups is 1. The molecule has 1 aliphatic heterocycles. The van der Waals surface area contributed by atoms with Crippen LogP contribution in [0.25, 0.3) is 0 Å². The lowest BCUT2D eigenvalue weighted by molar-refractivity contribution is 0.220. The number of piperazine rings is 1. The van der Waals surface area contributed by atoms with Crippen molar-refractivity contribution in [3.63, 3.8) is 0 Å². The molecule has 1 saturated heterocycles. The number of aliphatic hydroxyl groups is 3. The molecule has 0 aliphatic carbocycles. The van der Waals surface area contributed by atoms with Crippen molar-refractivity contribution in [3.05, 3.63) is 287 Å². The highest BCUT2D eigenvalue weighted by molar-refractivity contribution is 9.09. The molecule has 0 aromatic heterocycles. The molecule has 1 aliphatic rings. The van der Waals surface area contributed by atoms with Crippen LogP contribution >= 0.6 is 98.6 Å². The van der Waals surface area contributed by atoms with E-state index in [4.69, 9.17) is 45.0 Å². The van der Waals surface area contributed by atoms with Crippen molar-refractivity contribution in [1.82, 2.24) is 10.2 Å². The molecule has 0 radical (unpaired) electrons. The molecule has 1 fully saturated rings. The fourth-order valence-corrected chi connectivity index (χ4v) is 11.9. The Morgan fingerprint density at radius 2 is 0.600 bits per heavy atom. The summed E-state index contributed by atoms with van der Waals surface area (Å²) in [6.45, 7) is 38.2. The third kappa shape index (κ3) is 52.9. The number of aliphatic hydroxyl groups excluding tert-OH is 3. The Morgan fingerprint density at radius 3 is 0.800 bits per heavy atom. The molecule has 0 amide bonds. The number of nitrogens with zero attached hydrogens (tertiary/aromatic N) is 1. The van der Waals surface area contributed by atoms with Gasteiger partial charge in [0.15, 0.2) is 0 Å². The second-order valence-corrected chi connectivity index (χ2v) is 24.7. The molecule has 532 valence electrons. The Kier molecular flexibility index (Phi) is 80.0. The number of thioether (sulfide) groups is 3. The summed E-state index contributed by atoms with van der Waals surface area (Å²) in [6, 6.07) is 83.3. The van der Waals surface area contributed by atoms with Crippen LogP contribution in [-0.2, 0) is 0 Å². The third-order valence-electron chi connectivity index (χ3n) is 11.6. The normalized spacial score (nSPS) is 10.5. The van der Waals surface area contributed by atoms with Crippen molar-refractivity contribution in [3.8, 4) is 0 Å². The average Bonchev–Trinajstić information content (AvgIpc) is 0.989. The first-order valence-corrected chi connectivity index (χ1v) is 40.2. The zero-order valence-electron chi connectivity index (χ0n) is 60.4. The minimum atomic E-state index is -1.58. The Labute approximate surface area is 622 Å². The molecule has 0 saturated carbocycles. The summed E-state index contributed by atoms with van der Waals surface area (Å²) in [7, 11) is 0. The molecule has 6 nitrogen and oxygen atoms in total. The average molecular weight is 1500 g/mol. The molecule has 8 aromatic rings. The number of hydrogen-bond donors (Lipinski definition) is 6. The largest absolute Gasteiger partial charge is 0.396 e. The van der Waals surface area contributed by atoms with Gasteiger partial charge in [0.1, 0.15) is 6.10 Å². The van der Waals surface area contributed by atoms with E-state index in [1.54, 1.807) is 11.8 Å². The van der Waals surface area contributed by atoms with E-state index in [0.29, 0.717) is 21.5 Å². The smallest absolute Gasteiger partial charge is 0.242 e. The van der Waals surface area contributed by atoms with Crippen LogP contribution in [0.3, 0.4) is 0 Å². The molecule has 8 aromatic carbocycles. The van der Waals surface area contributed by atoms with Crippen LogP contribution in [0.5, 0.6) is 0 Å². The van der Waals surface area contributed by atoms with Crippen molar-refractivity contribution >= 4 is 98.6 Å². The molecule has 0 bridgehead atoms. The summed E-state index contributed by atoms with van der Waals surface area (Å²) in [6.07, 6.45) is -0.516. The summed E-state index contributed by atoms with van der Waals surface area (Å²) in [5, 5.41) is 32.4. The van der Waals surface area contributed by atoms with Gasteiger partial charge in [0.05, 0.1) is 29.0 Å². The molecule has 0 spiro atoms. The van der Waals surface area contributed by atoms with Crippen molar-refractivity contribution in [2.24, 2.45) is 5.73 Å². The summed E-state index contributed by atoms with van der Waals surface area (Å²) in [5.41, 5.74) is 14.6. The maximum absolute atomic E-state index is 9.99. The van der Waals surface area contributed by atoms with Gasteiger partial charge < -0.3 is 20.6 Å². The fourth-order valence-electron chi connectivity index (χ4n) is 7.95. The van der Waals surface area contributed by atoms with Gasteiger partial charge in [0, 0.05) is 61.1 Å². The number of nitrogens with two attached hydrogens (primary N) is 1. The first-order valence-electron chi connectivity index (χ1n) is 34.2. The van der Waals surface area contributed by atoms with E-state index in [2.05, 4.69) is 226 Å². The van der Waals surface area contributed by atoms with E-state index in [-0.39, 0.29) is 13.2 Å². The fraction of sp³-hybridized carbons (Fsp3) is 0.407. The maximum atomic E-state index is 9.99. The van der Waals surface area contributed by atoms with Gasteiger partial charge in [-0.25, -0.2) is 0 Å². The van der Waals surface area contributed by atoms with Gasteiger partial charge in [-0.15, -0.1) is 35.3 Å². The summed E-state index contributed by atoms with van der Waals surface area (Å²) in [4.78, 5) is 2.57. The number of halogens is 4. The second kappa shape index (κ2) is 76.0. The van der Waals surface area contributed by atoms with Gasteiger partial charge in [-0.2, -0.15) is 12.6 Å². The first kappa shape index (κ1) is 99.9. The van der Waals surface area contributed by atoms with E-state index < -0.39 is 10.0 Å². The zero-order valence-corrected chi connectivity index (χ0v) is 67.6. The zero-order chi connectivity index (χ0) is 72.6. The van der Waals surface area contributed by atoms with Crippen LogP contribution in [0.1, 0.15) is 177 Å². The standard InChI is InChI=1S/C19H24N2S.C15H15BrS.C15H16OS.C13H12O.C2H6OS.8C2H6.CH2Cl3N/c1-3-7-17(8-4-1)19(18-9-5-2-6-10-18)22-16-15-21-13-11-20-12-14-21;2*16-11-12-17-15(13-7-3-1-4-8-13)14-9-5-2-6-10-14;14-13(11-7-3-1-4-8-11)12-9-5-2-6-10-12;3-1-2-4;8*1-2;2-1(3,4)5/h1-10,19-20H,11-16H2;1-10,15H,11-12H2;1-10,15-16H,11-12H2;1-10,13-14H;3-4H,1-2H2;8*1-2H3;5H2. The summed E-state index contributed by atoms with van der Waals surface area (Å²) >= 11 is 27.5. The van der Waals surface area contributed by atoms with E-state index in [1.165, 1.54) is 58.8 Å². The molecule has 6 N–H and O–H groups in total. The lowest BCUT2D eigenvalue weighted by Crippen LogP contribution is -2.44. The molecule has 14 heteroatoms. The monoisotopic (exact) mass is 1500 g/mol. The third-order valence-corrected chi connectivity index (χ3v) is 16.6. The quantitative estimate of drug-likeness (QED) is 0.0269. The lowest BCUT2D eigenvalue weighted by atomic mass is 10.0. The lowest BCUT2D eigenvalue weighted by Gasteiger charge is -2.27. The first-order chi connectivity index (χ1) is 46.6. The van der Waals surface area contributed by atoms with Gasteiger partial charge >= 0.3 is 0 Å². The molecular weight excluding hydrogens is 1380 g/mol. The van der Waals surface area contributed by atoms with Crippen LogP contribution in [0, 0.1) is 0 Å². The Hall–Kier alpha value is -3.73. The minimum absolute atomic E-state index is 0.184. The van der Waals surface area contributed by atoms with Crippen LogP contribution in [0.2, 0.25) is 0 Å². The number of rotatable bonds is 19. The topological polar surface area (TPSA) is 102 Å². The Balaban J connectivity index is -0.000000342. The van der Waals surface area contributed by atoms with Crippen molar-refractivity contribution < 1.29 is 15.3 Å². The number of alkyl halides is 4. The van der Waals surface area contributed by atoms with Crippen LogP contribution < -0.4 is 11.1 Å². The second-order valence-electron chi connectivity index (χ2n) is 17.4. The van der Waals surface area contributed by atoms with Crippen LogP contribution in [-0.4, -0.2) is 98.4 Å². The van der Waals surface area contributed by atoms with Gasteiger partial charge in [-0.1, -0.05) is 404 Å². The highest BCUT2D eigenvalue weighted by Gasteiger charge is 2.17. The Morgan fingerprint density at radius 1 is 0.400 bits per heavy atom. The molecule has 9 rings (SSSR count). The van der Waals surface area contributed by atoms with Crippen molar-refractivity contribution in [1.29, 1.82) is 0 Å². The van der Waals surface area contributed by atoms with Gasteiger partial charge in [0.25, 0.3) is 0 Å². The molecule has 95 heavy (non-hydrogen) atoms. The number of hydrogen-bond acceptors (Lipinski definition) is 10. The molecule has 1 heterocycles. The molecular formula is C81H123BrCl3N3O3S4. The number of nitrogens with one attached hydrogen (secondary N) is 1. The summed E-state index contributed by atoms with van der Waals surface area (Å²) in [5.74, 6) is 3.62. The van der Waals surface area contributed by atoms with Crippen molar-refractivity contribution in [2.75, 3.05) is 74.3 Å². The highest BCUT2D eigenvalue weighted by atomic mass is 79.9. The number of benzene rings is 8. The van der Waals surface area contributed by atoms with Crippen LogP contribution in [0.15, 0.2) is 243 Å². The molecule has 0 unspecified atom stereocenters. The van der Waals surface area contributed by atoms with E-state index in [1.807, 2.05) is 195 Å². The van der Waals surface area contributed by atoms with Crippen LogP contribution in [0.4, 0.5) is 0 Å². The maximum Gasteiger partial charge on any atom is 0.242 e. The molecule has 0 atom stereocenters. The van der Waals surface area contributed by atoms with E-state index in [0.717, 1.165) is 41.1 Å². The van der Waals surface area contributed by atoms with Gasteiger partial charge in [-0.3, -0.25) is 10.6 Å².